The minimum Gasteiger partial charge on any atom is -0.487 e. The molecule has 1 heterocycles. The first kappa shape index (κ1) is 32.8. The topological polar surface area (TPSA) is 105 Å². The fraction of sp³-hybridized carbons (Fsp3) is 0.481. The molecule has 1 aliphatic rings. The summed E-state index contributed by atoms with van der Waals surface area (Å²) in [4.78, 5) is 24.8. The van der Waals surface area contributed by atoms with Crippen LogP contribution in [-0.2, 0) is 52.2 Å². The molecule has 0 atom stereocenters. The Morgan fingerprint density at radius 1 is 1.05 bits per heavy atom. The van der Waals surface area contributed by atoms with Crippen molar-refractivity contribution in [2.75, 3.05) is 23.9 Å². The maximum absolute atomic E-state index is 13.4. The zero-order valence-electron chi connectivity index (χ0n) is 23.8. The SMILES string of the molecule is CC(C)(C)OC(=O)NCCc1ccc(N2CC(=O)N(CC[Si](C)(C)C)S2(=O)=O)c(OCc2ccccc2)c1.[Zn]. The largest absolute Gasteiger partial charge is 0.487 e. The normalized spacial score (nSPS) is 15.1. The molecule has 39 heavy (non-hydrogen) atoms. The third-order valence-electron chi connectivity index (χ3n) is 5.79. The van der Waals surface area contributed by atoms with Gasteiger partial charge in [-0.3, -0.25) is 4.79 Å². The van der Waals surface area contributed by atoms with Crippen molar-refractivity contribution < 1.29 is 47.0 Å². The first-order valence-electron chi connectivity index (χ1n) is 12.8. The molecule has 0 aromatic heterocycles. The van der Waals surface area contributed by atoms with Crippen molar-refractivity contribution in [1.82, 2.24) is 9.62 Å². The molecule has 2 amide bonds. The number of rotatable bonds is 10. The minimum atomic E-state index is -4.03. The Morgan fingerprint density at radius 2 is 1.72 bits per heavy atom. The van der Waals surface area contributed by atoms with Crippen molar-refractivity contribution in [3.05, 3.63) is 59.7 Å². The fourth-order valence-corrected chi connectivity index (χ4v) is 6.42. The van der Waals surface area contributed by atoms with E-state index in [1.54, 1.807) is 39.0 Å². The van der Waals surface area contributed by atoms with Crippen LogP contribution in [0.1, 0.15) is 31.9 Å². The van der Waals surface area contributed by atoms with Crippen molar-refractivity contribution in [1.29, 1.82) is 0 Å². The number of nitrogens with one attached hydrogen (secondary N) is 1. The number of nitrogens with zero attached hydrogens (tertiary/aromatic N) is 2. The number of amides is 2. The minimum absolute atomic E-state index is 0. The van der Waals surface area contributed by atoms with Gasteiger partial charge in [0.05, 0.1) is 5.69 Å². The predicted molar refractivity (Wildman–Crippen MR) is 151 cm³/mol. The van der Waals surface area contributed by atoms with Crippen molar-refractivity contribution in [3.63, 3.8) is 0 Å². The molecule has 1 aliphatic heterocycles. The Labute approximate surface area is 246 Å². The fourth-order valence-electron chi connectivity index (χ4n) is 3.81. The predicted octanol–water partition coefficient (Wildman–Crippen LogP) is 4.56. The number of carbonyl (C=O) groups excluding carboxylic acids is 2. The maximum atomic E-state index is 13.4. The van der Waals surface area contributed by atoms with Gasteiger partial charge in [-0.1, -0.05) is 56.0 Å². The first-order valence-corrected chi connectivity index (χ1v) is 17.9. The average molecular weight is 627 g/mol. The summed E-state index contributed by atoms with van der Waals surface area (Å²) in [6.45, 7) is 12.3. The average Bonchev–Trinajstić information content (AvgIpc) is 3.03. The number of carbonyl (C=O) groups is 2. The van der Waals surface area contributed by atoms with Gasteiger partial charge in [0.15, 0.2) is 0 Å². The Bertz CT molecular complexity index is 1250. The van der Waals surface area contributed by atoms with Crippen LogP contribution in [0.2, 0.25) is 25.7 Å². The summed E-state index contributed by atoms with van der Waals surface area (Å²) in [5.74, 6) is -0.0880. The standard InChI is InChI=1S/C27H39N3O6SSi.Zn/c1-27(2,3)36-26(32)28-15-14-21-12-13-23(24(18-21)35-20-22-10-8-7-9-11-22)30-19-25(31)29(37(30,33)34)16-17-38(4,5)6;/h7-13,18H,14-17,19-20H2,1-6H3,(H,28,32);. The number of benzene rings is 2. The molecule has 3 rings (SSSR count). The third-order valence-corrected chi connectivity index (χ3v) is 9.34. The van der Waals surface area contributed by atoms with Gasteiger partial charge >= 0.3 is 16.3 Å². The van der Waals surface area contributed by atoms with Gasteiger partial charge < -0.3 is 14.8 Å². The Balaban J connectivity index is 0.00000533. The van der Waals surface area contributed by atoms with Gasteiger partial charge in [0.1, 0.15) is 24.5 Å². The van der Waals surface area contributed by atoms with Crippen LogP contribution in [0.4, 0.5) is 10.5 Å². The summed E-state index contributed by atoms with van der Waals surface area (Å²) in [5.41, 5.74) is 1.48. The van der Waals surface area contributed by atoms with Gasteiger partial charge in [0, 0.05) is 40.6 Å². The molecule has 1 saturated heterocycles. The van der Waals surface area contributed by atoms with Gasteiger partial charge in [0.25, 0.3) is 5.91 Å². The van der Waals surface area contributed by atoms with Gasteiger partial charge in [-0.05, 0) is 56.5 Å². The summed E-state index contributed by atoms with van der Waals surface area (Å²) < 4.78 is 40.3. The van der Waals surface area contributed by atoms with E-state index in [9.17, 15) is 18.0 Å². The van der Waals surface area contributed by atoms with Crippen LogP contribution in [0.5, 0.6) is 5.75 Å². The first-order chi connectivity index (χ1) is 17.7. The molecule has 9 nitrogen and oxygen atoms in total. The van der Waals surface area contributed by atoms with Crippen molar-refractivity contribution >= 4 is 36.0 Å². The van der Waals surface area contributed by atoms with Crippen LogP contribution in [0, 0.1) is 0 Å². The molecule has 12 heteroatoms. The second-order valence-corrected chi connectivity index (χ2v) is 18.9. The molecule has 1 N–H and O–H groups in total. The van der Waals surface area contributed by atoms with E-state index in [2.05, 4.69) is 25.0 Å². The van der Waals surface area contributed by atoms with Gasteiger partial charge in [0.2, 0.25) is 0 Å². The number of hydrogen-bond acceptors (Lipinski definition) is 6. The molecule has 0 spiro atoms. The Kier molecular flexibility index (Phi) is 11.2. The van der Waals surface area contributed by atoms with Crippen molar-refractivity contribution in [2.45, 2.75) is 65.1 Å². The van der Waals surface area contributed by atoms with E-state index in [-0.39, 0.29) is 39.2 Å². The molecule has 210 valence electrons. The summed E-state index contributed by atoms with van der Waals surface area (Å²) in [6, 6.07) is 15.4. The monoisotopic (exact) mass is 625 g/mol. The molecular formula is C27H39N3O6SSiZn. The van der Waals surface area contributed by atoms with E-state index in [1.165, 1.54) is 0 Å². The van der Waals surface area contributed by atoms with Crippen LogP contribution in [0.25, 0.3) is 0 Å². The number of anilines is 1. The van der Waals surface area contributed by atoms with Crippen LogP contribution >= 0.6 is 0 Å². The summed E-state index contributed by atoms with van der Waals surface area (Å²) in [7, 11) is -5.59. The number of ether oxygens (including phenoxy) is 2. The van der Waals surface area contributed by atoms with E-state index in [4.69, 9.17) is 9.47 Å². The van der Waals surface area contributed by atoms with E-state index < -0.39 is 35.9 Å². The van der Waals surface area contributed by atoms with Gasteiger partial charge in [-0.25, -0.2) is 13.4 Å². The molecule has 2 aromatic rings. The van der Waals surface area contributed by atoms with E-state index >= 15 is 0 Å². The smallest absolute Gasteiger partial charge is 0.407 e. The van der Waals surface area contributed by atoms with Gasteiger partial charge in [-0.15, -0.1) is 0 Å². The molecule has 0 saturated carbocycles. The van der Waals surface area contributed by atoms with Crippen LogP contribution in [0.15, 0.2) is 48.5 Å². The van der Waals surface area contributed by atoms with Crippen LogP contribution < -0.4 is 14.4 Å². The number of hydrogen-bond donors (Lipinski definition) is 1. The Morgan fingerprint density at radius 3 is 2.33 bits per heavy atom. The zero-order chi connectivity index (χ0) is 28.1. The molecule has 0 radical (unpaired) electrons. The zero-order valence-corrected chi connectivity index (χ0v) is 28.6. The molecule has 0 unspecified atom stereocenters. The second-order valence-electron chi connectivity index (χ2n) is 11.5. The second kappa shape index (κ2) is 13.3. The molecule has 0 bridgehead atoms. The number of alkyl carbamates (subject to hydrolysis) is 1. The van der Waals surface area contributed by atoms with E-state index in [0.717, 1.165) is 19.7 Å². The van der Waals surface area contributed by atoms with E-state index in [1.807, 2.05) is 30.3 Å². The molecule has 0 aliphatic carbocycles. The molecule has 2 aromatic carbocycles. The third kappa shape index (κ3) is 9.61. The summed E-state index contributed by atoms with van der Waals surface area (Å²) >= 11 is 0. The van der Waals surface area contributed by atoms with E-state index in [0.29, 0.717) is 30.4 Å². The Hall–Kier alpha value is -2.43. The maximum Gasteiger partial charge on any atom is 0.407 e. The molecular weight excluding hydrogens is 588 g/mol. The summed E-state index contributed by atoms with van der Waals surface area (Å²) in [5, 5.41) is 2.73. The van der Waals surface area contributed by atoms with Crippen molar-refractivity contribution in [2.24, 2.45) is 0 Å². The molecule has 1 fully saturated rings. The van der Waals surface area contributed by atoms with Crippen LogP contribution in [0.3, 0.4) is 0 Å². The summed E-state index contributed by atoms with van der Waals surface area (Å²) in [6.07, 6.45) is -0.0235. The quantitative estimate of drug-likeness (QED) is 0.388. The van der Waals surface area contributed by atoms with Crippen molar-refractivity contribution in [3.8, 4) is 5.75 Å². The van der Waals surface area contributed by atoms with Gasteiger partial charge in [-0.2, -0.15) is 8.42 Å². The van der Waals surface area contributed by atoms with Crippen LogP contribution in [-0.4, -0.2) is 58.0 Å².